The molecule has 2 atom stereocenters. The Balaban J connectivity index is 1.74. The summed E-state index contributed by atoms with van der Waals surface area (Å²) in [4.78, 5) is 33.6. The number of anilines is 1. The van der Waals surface area contributed by atoms with Gasteiger partial charge >= 0.3 is 0 Å². The van der Waals surface area contributed by atoms with Crippen LogP contribution in [-0.4, -0.2) is 29.7 Å². The van der Waals surface area contributed by atoms with E-state index in [1.54, 1.807) is 59.5 Å². The fourth-order valence-electron chi connectivity index (χ4n) is 4.57. The average molecular weight is 552 g/mol. The number of carbonyl (C=O) groups excluding carboxylic acids is 2. The highest BCUT2D eigenvalue weighted by molar-refractivity contribution is 6.42. The van der Waals surface area contributed by atoms with E-state index in [9.17, 15) is 14.0 Å². The molecule has 38 heavy (non-hydrogen) atoms. The minimum absolute atomic E-state index is 0.238. The number of hydrogen-bond donors (Lipinski definition) is 1. The molecular formula is C30H28Cl2FN3O2. The molecule has 0 saturated heterocycles. The first kappa shape index (κ1) is 27.6. The quantitative estimate of drug-likeness (QED) is 0.320. The van der Waals surface area contributed by atoms with Gasteiger partial charge in [-0.1, -0.05) is 65.7 Å². The molecule has 0 aromatic heterocycles. The maximum absolute atomic E-state index is 15.0. The fourth-order valence-corrected chi connectivity index (χ4v) is 4.89. The molecule has 2 amide bonds. The lowest BCUT2D eigenvalue weighted by Gasteiger charge is -2.29. The first-order valence-electron chi connectivity index (χ1n) is 12.3. The van der Waals surface area contributed by atoms with Crippen LogP contribution in [0.4, 0.5) is 10.1 Å². The number of carbonyl (C=O) groups is 2. The molecule has 3 aromatic carbocycles. The summed E-state index contributed by atoms with van der Waals surface area (Å²) in [6.45, 7) is 7.55. The number of para-hydroxylation sites is 1. The van der Waals surface area contributed by atoms with Gasteiger partial charge in [-0.25, -0.2) is 9.38 Å². The van der Waals surface area contributed by atoms with Crippen LogP contribution in [-0.2, 0) is 16.0 Å². The normalized spacial score (nSPS) is 15.9. The van der Waals surface area contributed by atoms with Gasteiger partial charge in [-0.3, -0.25) is 9.59 Å². The molecule has 8 heteroatoms. The van der Waals surface area contributed by atoms with Gasteiger partial charge in [0.05, 0.1) is 21.4 Å². The Morgan fingerprint density at radius 1 is 1.08 bits per heavy atom. The number of nitrogens with zero attached hydrogens (tertiary/aromatic N) is 2. The fraction of sp³-hybridized carbons (Fsp3) is 0.233. The molecule has 0 aliphatic carbocycles. The van der Waals surface area contributed by atoms with Crippen LogP contribution in [0, 0.1) is 11.7 Å². The lowest BCUT2D eigenvalue weighted by atomic mass is 9.95. The van der Waals surface area contributed by atoms with Gasteiger partial charge in [-0.2, -0.15) is 0 Å². The van der Waals surface area contributed by atoms with Crippen molar-refractivity contribution in [1.82, 2.24) is 5.32 Å². The molecule has 196 valence electrons. The Morgan fingerprint density at radius 2 is 1.76 bits per heavy atom. The SMILES string of the molecule is C=CC[C@@H](Cc1ccc(Cl)c(Cl)c1)C(=O)NC1N=C(c2ccccc2F)c2ccccc2N(C(C)C)C1=O. The standard InChI is InChI=1S/C30H28Cl2FN3O2/c1-4-9-20(16-19-14-15-23(31)24(32)17-19)29(37)35-28-30(38)36(18(2)3)26-13-8-6-11-22(26)27(34-28)21-10-5-7-12-25(21)33/h4-8,10-15,17-18,20,28H,1,9,16H2,2-3H3,(H,35,37)/t20-,28?/m0/s1. The molecular weight excluding hydrogens is 524 g/mol. The number of allylic oxidation sites excluding steroid dienone is 1. The van der Waals surface area contributed by atoms with Crippen LogP contribution >= 0.6 is 23.2 Å². The molecule has 0 bridgehead atoms. The summed E-state index contributed by atoms with van der Waals surface area (Å²) in [5.41, 5.74) is 2.57. The summed E-state index contributed by atoms with van der Waals surface area (Å²) < 4.78 is 15.0. The molecule has 4 rings (SSSR count). The van der Waals surface area contributed by atoms with Crippen molar-refractivity contribution in [2.24, 2.45) is 10.9 Å². The van der Waals surface area contributed by atoms with E-state index in [-0.39, 0.29) is 17.5 Å². The van der Waals surface area contributed by atoms with Crippen LogP contribution in [0.3, 0.4) is 0 Å². The highest BCUT2D eigenvalue weighted by Crippen LogP contribution is 2.31. The lowest BCUT2D eigenvalue weighted by Crippen LogP contribution is -2.51. The number of aliphatic imine (C=N–C) groups is 1. The Labute approximate surface area is 232 Å². The van der Waals surface area contributed by atoms with E-state index in [4.69, 9.17) is 23.2 Å². The highest BCUT2D eigenvalue weighted by Gasteiger charge is 2.35. The summed E-state index contributed by atoms with van der Waals surface area (Å²) >= 11 is 12.2. The smallest absolute Gasteiger partial charge is 0.272 e. The van der Waals surface area contributed by atoms with E-state index in [0.717, 1.165) is 5.56 Å². The number of amides is 2. The van der Waals surface area contributed by atoms with Crippen molar-refractivity contribution in [3.05, 3.63) is 112 Å². The van der Waals surface area contributed by atoms with Crippen LogP contribution in [0.1, 0.15) is 37.0 Å². The van der Waals surface area contributed by atoms with Gasteiger partial charge < -0.3 is 10.2 Å². The average Bonchev–Trinajstić information content (AvgIpc) is 3.00. The van der Waals surface area contributed by atoms with Crippen molar-refractivity contribution in [3.8, 4) is 0 Å². The topological polar surface area (TPSA) is 61.8 Å². The Morgan fingerprint density at radius 3 is 2.42 bits per heavy atom. The van der Waals surface area contributed by atoms with Crippen molar-refractivity contribution >= 4 is 46.4 Å². The van der Waals surface area contributed by atoms with Gasteiger partial charge in [0.2, 0.25) is 12.1 Å². The summed E-state index contributed by atoms with van der Waals surface area (Å²) in [6, 6.07) is 18.5. The van der Waals surface area contributed by atoms with Crippen LogP contribution in [0.5, 0.6) is 0 Å². The monoisotopic (exact) mass is 551 g/mol. The molecule has 0 spiro atoms. The first-order valence-corrected chi connectivity index (χ1v) is 13.1. The number of benzodiazepines with no additional fused rings is 1. The molecule has 0 radical (unpaired) electrons. The van der Waals surface area contributed by atoms with Crippen molar-refractivity contribution in [1.29, 1.82) is 0 Å². The largest absolute Gasteiger partial charge is 0.326 e. The second-order valence-corrected chi connectivity index (χ2v) is 10.2. The van der Waals surface area contributed by atoms with Crippen LogP contribution in [0.25, 0.3) is 0 Å². The van der Waals surface area contributed by atoms with Crippen molar-refractivity contribution in [2.45, 2.75) is 38.9 Å². The third-order valence-electron chi connectivity index (χ3n) is 6.36. The molecule has 1 aliphatic rings. The number of halogens is 3. The summed E-state index contributed by atoms with van der Waals surface area (Å²) in [5.74, 6) is -1.79. The van der Waals surface area contributed by atoms with Gasteiger partial charge in [0.1, 0.15) is 5.82 Å². The molecule has 0 fully saturated rings. The predicted molar refractivity (Wildman–Crippen MR) is 152 cm³/mol. The second-order valence-electron chi connectivity index (χ2n) is 9.36. The lowest BCUT2D eigenvalue weighted by molar-refractivity contribution is -0.130. The summed E-state index contributed by atoms with van der Waals surface area (Å²) in [5, 5.41) is 3.65. The van der Waals surface area contributed by atoms with E-state index < -0.39 is 23.8 Å². The van der Waals surface area contributed by atoms with Crippen molar-refractivity contribution in [2.75, 3.05) is 4.90 Å². The summed E-state index contributed by atoms with van der Waals surface area (Å²) in [7, 11) is 0. The maximum Gasteiger partial charge on any atom is 0.272 e. The number of benzene rings is 3. The minimum atomic E-state index is -1.26. The van der Waals surface area contributed by atoms with E-state index >= 15 is 0 Å². The molecule has 1 aliphatic heterocycles. The van der Waals surface area contributed by atoms with Gasteiger partial charge in [-0.05, 0) is 62.6 Å². The molecule has 1 N–H and O–H groups in total. The molecule has 1 unspecified atom stereocenters. The maximum atomic E-state index is 15.0. The third-order valence-corrected chi connectivity index (χ3v) is 7.10. The number of rotatable bonds is 8. The number of nitrogens with one attached hydrogen (secondary N) is 1. The zero-order valence-corrected chi connectivity index (χ0v) is 22.6. The van der Waals surface area contributed by atoms with Gasteiger partial charge in [0, 0.05) is 23.1 Å². The van der Waals surface area contributed by atoms with E-state index in [1.165, 1.54) is 6.07 Å². The Hall–Kier alpha value is -3.48. The third kappa shape index (κ3) is 5.82. The molecule has 1 heterocycles. The second kappa shape index (κ2) is 11.9. The minimum Gasteiger partial charge on any atom is -0.326 e. The van der Waals surface area contributed by atoms with Crippen LogP contribution in [0.15, 0.2) is 84.4 Å². The number of fused-ring (bicyclic) bond motifs is 1. The van der Waals surface area contributed by atoms with Gasteiger partial charge in [0.25, 0.3) is 5.91 Å². The molecule has 5 nitrogen and oxygen atoms in total. The first-order chi connectivity index (χ1) is 18.2. The van der Waals surface area contributed by atoms with Crippen molar-refractivity contribution < 1.29 is 14.0 Å². The van der Waals surface area contributed by atoms with Gasteiger partial charge in [0.15, 0.2) is 0 Å². The Bertz CT molecular complexity index is 1410. The van der Waals surface area contributed by atoms with Gasteiger partial charge in [-0.15, -0.1) is 6.58 Å². The van der Waals surface area contributed by atoms with Crippen LogP contribution in [0.2, 0.25) is 10.0 Å². The van der Waals surface area contributed by atoms with E-state index in [2.05, 4.69) is 16.9 Å². The van der Waals surface area contributed by atoms with Crippen LogP contribution < -0.4 is 10.2 Å². The molecule has 3 aromatic rings. The van der Waals surface area contributed by atoms with E-state index in [1.807, 2.05) is 26.0 Å². The molecule has 0 saturated carbocycles. The Kier molecular flexibility index (Phi) is 8.65. The summed E-state index contributed by atoms with van der Waals surface area (Å²) in [6.07, 6.45) is 1.12. The highest BCUT2D eigenvalue weighted by atomic mass is 35.5. The predicted octanol–water partition coefficient (Wildman–Crippen LogP) is 6.60. The van der Waals surface area contributed by atoms with E-state index in [0.29, 0.717) is 39.8 Å². The zero-order chi connectivity index (χ0) is 27.4. The van der Waals surface area contributed by atoms with Crippen molar-refractivity contribution in [3.63, 3.8) is 0 Å². The number of hydrogen-bond acceptors (Lipinski definition) is 3. The zero-order valence-electron chi connectivity index (χ0n) is 21.1.